The monoisotopic (exact) mass is 281 g/mol. The van der Waals surface area contributed by atoms with Gasteiger partial charge in [0.05, 0.1) is 12.1 Å². The lowest BCUT2D eigenvalue weighted by atomic mass is 10.3. The number of amides is 2. The molecule has 0 fully saturated rings. The maximum absolute atomic E-state index is 11.7. The van der Waals surface area contributed by atoms with Gasteiger partial charge >= 0.3 is 11.1 Å². The van der Waals surface area contributed by atoms with Crippen LogP contribution in [-0.4, -0.2) is 24.7 Å². The van der Waals surface area contributed by atoms with E-state index in [0.29, 0.717) is 6.54 Å². The van der Waals surface area contributed by atoms with Crippen LogP contribution in [0.4, 0.5) is 4.79 Å². The summed E-state index contributed by atoms with van der Waals surface area (Å²) >= 11 is 0. The highest BCUT2D eigenvalue weighted by Crippen LogP contribution is 2.08. The molecule has 0 saturated heterocycles. The Morgan fingerprint density at radius 3 is 2.90 bits per heavy atom. The summed E-state index contributed by atoms with van der Waals surface area (Å²) in [5.74, 6) is 0.243. The molecule has 0 spiro atoms. The Morgan fingerprint density at radius 1 is 1.60 bits per heavy atom. The number of nitrogens with one attached hydrogen (secondary N) is 1. The van der Waals surface area contributed by atoms with E-state index in [4.69, 9.17) is 14.5 Å². The third kappa shape index (κ3) is 4.28. The van der Waals surface area contributed by atoms with Crippen LogP contribution < -0.4 is 15.5 Å². The number of methoxy groups -OCH3 is 1. The fourth-order valence-electron chi connectivity index (χ4n) is 1.43. The van der Waals surface area contributed by atoms with Gasteiger partial charge in [0.2, 0.25) is 11.2 Å². The average molecular weight is 281 g/mol. The molecule has 8 heteroatoms. The number of diazo groups is 1. The van der Waals surface area contributed by atoms with E-state index in [1.807, 2.05) is 6.92 Å². The molecule has 0 aliphatic rings. The van der Waals surface area contributed by atoms with Gasteiger partial charge in [-0.3, -0.25) is 4.79 Å². The maximum Gasteiger partial charge on any atom is 0.391 e. The van der Waals surface area contributed by atoms with Crippen LogP contribution in [0.5, 0.6) is 5.75 Å². The minimum atomic E-state index is -0.570. The van der Waals surface area contributed by atoms with Crippen LogP contribution in [0.2, 0.25) is 0 Å². The highest BCUT2D eigenvalue weighted by Gasteiger charge is 2.25. The number of urea groups is 1. The van der Waals surface area contributed by atoms with Gasteiger partial charge in [-0.15, -0.1) is 0 Å². The standard InChI is InChI=1S/C12H16N4O4/c1-3-4-5-14-12(18)16(15-13)7-9-6-10(17)11(19-2)8-20-9/h6,8H,3-5,7H2,1-2H3/p+1. The van der Waals surface area contributed by atoms with Crippen LogP contribution in [-0.2, 0) is 6.54 Å². The second kappa shape index (κ2) is 7.78. The van der Waals surface area contributed by atoms with E-state index in [9.17, 15) is 9.59 Å². The van der Waals surface area contributed by atoms with Gasteiger partial charge in [-0.05, 0) is 6.42 Å². The summed E-state index contributed by atoms with van der Waals surface area (Å²) < 4.78 is 9.89. The van der Waals surface area contributed by atoms with Crippen molar-refractivity contribution in [1.82, 2.24) is 10.3 Å². The molecule has 0 aliphatic carbocycles. The zero-order valence-corrected chi connectivity index (χ0v) is 11.5. The molecular weight excluding hydrogens is 264 g/mol. The Morgan fingerprint density at radius 2 is 2.35 bits per heavy atom. The molecule has 8 nitrogen and oxygen atoms in total. The second-order valence-electron chi connectivity index (χ2n) is 4.01. The van der Waals surface area contributed by atoms with Gasteiger partial charge in [-0.1, -0.05) is 13.3 Å². The van der Waals surface area contributed by atoms with Crippen molar-refractivity contribution in [2.45, 2.75) is 26.3 Å². The van der Waals surface area contributed by atoms with E-state index >= 15 is 0 Å². The van der Waals surface area contributed by atoms with Crippen LogP contribution in [0.25, 0.3) is 5.08 Å². The Kier molecular flexibility index (Phi) is 6.03. The van der Waals surface area contributed by atoms with Crippen molar-refractivity contribution in [2.24, 2.45) is 0 Å². The first-order valence-corrected chi connectivity index (χ1v) is 6.18. The first-order chi connectivity index (χ1) is 9.62. The Labute approximate surface area is 115 Å². The summed E-state index contributed by atoms with van der Waals surface area (Å²) in [6, 6.07) is 0.607. The predicted octanol–water partition coefficient (Wildman–Crippen LogP) is 1.73. The molecule has 1 aromatic heterocycles. The minimum absolute atomic E-state index is 0.0636. The highest BCUT2D eigenvalue weighted by molar-refractivity contribution is 5.74. The van der Waals surface area contributed by atoms with Gasteiger partial charge in [0.15, 0.2) is 6.54 Å². The largest absolute Gasteiger partial charge is 0.490 e. The molecule has 0 aliphatic heterocycles. The number of unbranched alkanes of at least 4 members (excludes halogenated alkanes) is 1. The van der Waals surface area contributed by atoms with E-state index < -0.39 is 6.03 Å². The molecule has 0 radical (unpaired) electrons. The smallest absolute Gasteiger partial charge is 0.391 e. The SMILES string of the molecule is CCCCNC(=O)N(Cc1cc(=O)c(OC)co1)[N+]#N. The average Bonchev–Trinajstić information content (AvgIpc) is 2.45. The van der Waals surface area contributed by atoms with Gasteiger partial charge < -0.3 is 14.5 Å². The van der Waals surface area contributed by atoms with E-state index in [0.717, 1.165) is 24.1 Å². The summed E-state index contributed by atoms with van der Waals surface area (Å²) in [7, 11) is 1.35. The first-order valence-electron chi connectivity index (χ1n) is 6.18. The number of nitrogens with zero attached hydrogens (tertiary/aromatic N) is 3. The summed E-state index contributed by atoms with van der Waals surface area (Å²) in [5.41, 5.74) is -0.377. The van der Waals surface area contributed by atoms with Crippen LogP contribution in [0.15, 0.2) is 21.5 Å². The Bertz CT molecular complexity index is 549. The molecular formula is C12H17N4O4+. The van der Waals surface area contributed by atoms with E-state index in [2.05, 4.69) is 10.4 Å². The summed E-state index contributed by atoms with van der Waals surface area (Å²) in [5, 5.41) is 15.0. The molecule has 0 aromatic carbocycles. The summed E-state index contributed by atoms with van der Waals surface area (Å²) in [6.45, 7) is 2.31. The van der Waals surface area contributed by atoms with Gasteiger partial charge in [0, 0.05) is 12.6 Å². The third-order valence-electron chi connectivity index (χ3n) is 2.53. The molecule has 1 aromatic rings. The zero-order valence-electron chi connectivity index (χ0n) is 11.5. The molecule has 2 amide bonds. The lowest BCUT2D eigenvalue weighted by molar-refractivity contribution is 0.207. The molecule has 1 N–H and O–H groups in total. The minimum Gasteiger partial charge on any atom is -0.490 e. The van der Waals surface area contributed by atoms with Gasteiger partial charge in [-0.25, -0.2) is 4.79 Å². The molecule has 108 valence electrons. The third-order valence-corrected chi connectivity index (χ3v) is 2.53. The molecule has 0 atom stereocenters. The number of carbonyl (C=O) groups excluding carboxylic acids is 1. The number of rotatable bonds is 6. The number of hydrogen-bond donors (Lipinski definition) is 1. The number of ether oxygens (including phenoxy) is 1. The first kappa shape index (κ1) is 15.5. The quantitative estimate of drug-likeness (QED) is 0.486. The summed E-state index contributed by atoms with van der Waals surface area (Å²) in [4.78, 5) is 23.2. The molecule has 0 bridgehead atoms. The maximum atomic E-state index is 11.7. The van der Waals surface area contributed by atoms with Gasteiger partial charge in [0.25, 0.3) is 5.39 Å². The normalized spacial score (nSPS) is 9.65. The molecule has 0 unspecified atom stereocenters. The van der Waals surface area contributed by atoms with Crippen molar-refractivity contribution in [3.8, 4) is 5.75 Å². The van der Waals surface area contributed by atoms with Crippen LogP contribution >= 0.6 is 0 Å². The van der Waals surface area contributed by atoms with Crippen LogP contribution in [0.3, 0.4) is 0 Å². The van der Waals surface area contributed by atoms with Crippen molar-refractivity contribution in [2.75, 3.05) is 13.7 Å². The van der Waals surface area contributed by atoms with E-state index in [1.165, 1.54) is 13.2 Å². The molecule has 1 heterocycles. The topological polar surface area (TPSA) is 99.9 Å². The molecule has 20 heavy (non-hydrogen) atoms. The second-order valence-corrected chi connectivity index (χ2v) is 4.01. The van der Waals surface area contributed by atoms with Crippen molar-refractivity contribution in [3.05, 3.63) is 33.4 Å². The molecule has 0 saturated carbocycles. The van der Waals surface area contributed by atoms with Crippen LogP contribution in [0, 0.1) is 5.39 Å². The number of hydrogen-bond acceptors (Lipinski definition) is 5. The predicted molar refractivity (Wildman–Crippen MR) is 70.5 cm³/mol. The van der Waals surface area contributed by atoms with Crippen molar-refractivity contribution >= 4 is 6.03 Å². The Hall–Kier alpha value is -2.56. The van der Waals surface area contributed by atoms with Crippen molar-refractivity contribution in [3.63, 3.8) is 0 Å². The fourth-order valence-corrected chi connectivity index (χ4v) is 1.43. The lowest BCUT2D eigenvalue weighted by Crippen LogP contribution is -2.35. The van der Waals surface area contributed by atoms with E-state index in [1.54, 1.807) is 0 Å². The van der Waals surface area contributed by atoms with Gasteiger partial charge in [-0.2, -0.15) is 0 Å². The number of carbonyl (C=O) groups is 1. The van der Waals surface area contributed by atoms with Crippen LogP contribution in [0.1, 0.15) is 25.5 Å². The zero-order chi connectivity index (χ0) is 15.0. The Balaban J connectivity index is 2.69. The summed E-state index contributed by atoms with van der Waals surface area (Å²) in [6.07, 6.45) is 2.90. The van der Waals surface area contributed by atoms with Crippen molar-refractivity contribution in [1.29, 1.82) is 5.39 Å². The fraction of sp³-hybridized carbons (Fsp3) is 0.500. The molecule has 1 rings (SSSR count). The van der Waals surface area contributed by atoms with Crippen molar-refractivity contribution < 1.29 is 13.9 Å². The lowest BCUT2D eigenvalue weighted by Gasteiger charge is -2.05. The van der Waals surface area contributed by atoms with Gasteiger partial charge in [0.1, 0.15) is 12.0 Å². The van der Waals surface area contributed by atoms with E-state index in [-0.39, 0.29) is 23.5 Å². The highest BCUT2D eigenvalue weighted by atomic mass is 16.5.